The Morgan fingerprint density at radius 1 is 1.53 bits per heavy atom. The molecule has 4 nitrogen and oxygen atoms in total. The maximum absolute atomic E-state index is 13.1. The molecular formula is C13H16FIN4. The molecule has 3 N–H and O–H groups in total. The number of nitrogens with two attached hydrogens (primary N) is 1. The summed E-state index contributed by atoms with van der Waals surface area (Å²) in [6, 6.07) is 4.74. The van der Waals surface area contributed by atoms with Crippen molar-refractivity contribution in [3.05, 3.63) is 51.4 Å². The first-order valence-corrected chi connectivity index (χ1v) is 7.07. The summed E-state index contributed by atoms with van der Waals surface area (Å²) in [4.78, 5) is 4.28. The van der Waals surface area contributed by atoms with Crippen molar-refractivity contribution in [1.82, 2.24) is 15.0 Å². The second-order valence-corrected chi connectivity index (χ2v) is 5.54. The highest BCUT2D eigenvalue weighted by atomic mass is 127. The van der Waals surface area contributed by atoms with Gasteiger partial charge in [0, 0.05) is 35.5 Å². The Morgan fingerprint density at radius 2 is 2.32 bits per heavy atom. The molecule has 0 saturated carbocycles. The molecular weight excluding hydrogens is 358 g/mol. The Balaban J connectivity index is 2.10. The lowest BCUT2D eigenvalue weighted by atomic mass is 10.0. The highest BCUT2D eigenvalue weighted by molar-refractivity contribution is 14.1. The Bertz CT molecular complexity index is 555. The van der Waals surface area contributed by atoms with E-state index >= 15 is 0 Å². The normalized spacial score (nSPS) is 12.6. The predicted octanol–water partition coefficient (Wildman–Crippen LogP) is 2.30. The van der Waals surface area contributed by atoms with Gasteiger partial charge in [-0.25, -0.2) is 9.37 Å². The van der Waals surface area contributed by atoms with Crippen LogP contribution in [-0.4, -0.2) is 9.55 Å². The second kappa shape index (κ2) is 6.44. The molecule has 0 spiro atoms. The van der Waals surface area contributed by atoms with Crippen molar-refractivity contribution in [1.29, 1.82) is 0 Å². The molecule has 1 atom stereocenters. The molecule has 0 aliphatic heterocycles. The zero-order valence-corrected chi connectivity index (χ0v) is 12.8. The van der Waals surface area contributed by atoms with Crippen molar-refractivity contribution in [3.8, 4) is 0 Å². The summed E-state index contributed by atoms with van der Waals surface area (Å²) in [7, 11) is 1.97. The largest absolute Gasteiger partial charge is 0.338 e. The molecule has 0 amide bonds. The van der Waals surface area contributed by atoms with Crippen LogP contribution in [0, 0.1) is 9.39 Å². The summed E-state index contributed by atoms with van der Waals surface area (Å²) < 4.78 is 16.0. The third kappa shape index (κ3) is 3.52. The van der Waals surface area contributed by atoms with Crippen LogP contribution in [0.5, 0.6) is 0 Å². The van der Waals surface area contributed by atoms with E-state index in [2.05, 4.69) is 33.0 Å². The summed E-state index contributed by atoms with van der Waals surface area (Å²) in [5.41, 5.74) is 3.81. The smallest absolute Gasteiger partial charge is 0.124 e. The predicted molar refractivity (Wildman–Crippen MR) is 80.7 cm³/mol. The molecule has 0 aliphatic rings. The molecule has 1 aromatic heterocycles. The third-order valence-electron chi connectivity index (χ3n) is 3.12. The van der Waals surface area contributed by atoms with Crippen LogP contribution in [0.25, 0.3) is 0 Å². The van der Waals surface area contributed by atoms with Crippen LogP contribution in [0.4, 0.5) is 4.39 Å². The Hall–Kier alpha value is -0.990. The van der Waals surface area contributed by atoms with Gasteiger partial charge in [0.2, 0.25) is 0 Å². The van der Waals surface area contributed by atoms with Crippen LogP contribution >= 0.6 is 22.6 Å². The van der Waals surface area contributed by atoms with Crippen LogP contribution in [0.1, 0.15) is 23.9 Å². The average Bonchev–Trinajstić information content (AvgIpc) is 2.78. The van der Waals surface area contributed by atoms with E-state index in [9.17, 15) is 4.39 Å². The number of nitrogens with zero attached hydrogens (tertiary/aromatic N) is 2. The van der Waals surface area contributed by atoms with E-state index in [1.165, 1.54) is 12.1 Å². The lowest BCUT2D eigenvalue weighted by Crippen LogP contribution is -2.29. The van der Waals surface area contributed by atoms with Gasteiger partial charge in [0.15, 0.2) is 0 Å². The van der Waals surface area contributed by atoms with Crippen LogP contribution in [0.2, 0.25) is 0 Å². The molecule has 19 heavy (non-hydrogen) atoms. The molecule has 0 fully saturated rings. The number of hydrogen-bond donors (Lipinski definition) is 2. The number of benzene rings is 1. The van der Waals surface area contributed by atoms with Crippen molar-refractivity contribution in [2.45, 2.75) is 18.9 Å². The topological polar surface area (TPSA) is 55.9 Å². The number of aryl methyl sites for hydroxylation is 2. The van der Waals surface area contributed by atoms with Crippen molar-refractivity contribution < 1.29 is 4.39 Å². The molecule has 2 rings (SSSR count). The van der Waals surface area contributed by atoms with E-state index < -0.39 is 0 Å². The SMILES string of the molecule is Cn1ccnc1CCC(NN)c1ccc(F)cc1I. The quantitative estimate of drug-likeness (QED) is 0.480. The minimum atomic E-state index is -0.229. The average molecular weight is 374 g/mol. The van der Waals surface area contributed by atoms with E-state index in [0.29, 0.717) is 0 Å². The molecule has 0 bridgehead atoms. The van der Waals surface area contributed by atoms with Gasteiger partial charge in [0.25, 0.3) is 0 Å². The Labute approximate surface area is 125 Å². The number of hydrogen-bond acceptors (Lipinski definition) is 3. The molecule has 1 aromatic carbocycles. The van der Waals surface area contributed by atoms with Crippen LogP contribution in [0.3, 0.4) is 0 Å². The summed E-state index contributed by atoms with van der Waals surface area (Å²) in [6.07, 6.45) is 5.32. The van der Waals surface area contributed by atoms with Crippen LogP contribution < -0.4 is 11.3 Å². The van der Waals surface area contributed by atoms with Crippen molar-refractivity contribution in [2.75, 3.05) is 0 Å². The number of nitrogens with one attached hydrogen (secondary N) is 1. The minimum absolute atomic E-state index is 0.0100. The number of aromatic nitrogens is 2. The van der Waals surface area contributed by atoms with E-state index in [1.54, 1.807) is 12.3 Å². The second-order valence-electron chi connectivity index (χ2n) is 4.38. The van der Waals surface area contributed by atoms with Crippen molar-refractivity contribution >= 4 is 22.6 Å². The molecule has 6 heteroatoms. The monoisotopic (exact) mass is 374 g/mol. The Morgan fingerprint density at radius 3 is 2.89 bits per heavy atom. The van der Waals surface area contributed by atoms with Crippen molar-refractivity contribution in [2.24, 2.45) is 12.9 Å². The molecule has 2 aromatic rings. The molecule has 0 radical (unpaired) electrons. The fourth-order valence-electron chi connectivity index (χ4n) is 2.02. The van der Waals surface area contributed by atoms with Gasteiger partial charge in [0.05, 0.1) is 0 Å². The molecule has 102 valence electrons. The Kier molecular flexibility index (Phi) is 4.89. The van der Waals surface area contributed by atoms with Gasteiger partial charge in [-0.3, -0.25) is 11.3 Å². The van der Waals surface area contributed by atoms with Crippen LogP contribution in [-0.2, 0) is 13.5 Å². The first-order valence-electron chi connectivity index (χ1n) is 5.99. The zero-order chi connectivity index (χ0) is 13.8. The molecule has 1 heterocycles. The fourth-order valence-corrected chi connectivity index (χ4v) is 2.88. The first kappa shape index (κ1) is 14.4. The molecule has 0 saturated heterocycles. The highest BCUT2D eigenvalue weighted by Gasteiger charge is 2.14. The third-order valence-corrected chi connectivity index (χ3v) is 4.05. The first-order chi connectivity index (χ1) is 9.11. The van der Waals surface area contributed by atoms with Crippen LogP contribution in [0.15, 0.2) is 30.6 Å². The highest BCUT2D eigenvalue weighted by Crippen LogP contribution is 2.24. The lowest BCUT2D eigenvalue weighted by Gasteiger charge is -2.17. The number of imidazole rings is 1. The minimum Gasteiger partial charge on any atom is -0.338 e. The van der Waals surface area contributed by atoms with Gasteiger partial charge >= 0.3 is 0 Å². The summed E-state index contributed by atoms with van der Waals surface area (Å²) in [5, 5.41) is 0. The maximum Gasteiger partial charge on any atom is 0.124 e. The maximum atomic E-state index is 13.1. The van der Waals surface area contributed by atoms with Gasteiger partial charge in [-0.15, -0.1) is 0 Å². The van der Waals surface area contributed by atoms with Gasteiger partial charge in [0.1, 0.15) is 11.6 Å². The zero-order valence-electron chi connectivity index (χ0n) is 10.6. The standard InChI is InChI=1S/C13H16FIN4/c1-19-7-6-17-13(19)5-4-12(18-16)10-3-2-9(14)8-11(10)15/h2-3,6-8,12,18H,4-5,16H2,1H3. The van der Waals surface area contributed by atoms with E-state index in [0.717, 1.165) is 27.8 Å². The number of hydrazine groups is 1. The fraction of sp³-hybridized carbons (Fsp3) is 0.308. The summed E-state index contributed by atoms with van der Waals surface area (Å²) in [6.45, 7) is 0. The van der Waals surface area contributed by atoms with Gasteiger partial charge < -0.3 is 4.57 Å². The molecule has 1 unspecified atom stereocenters. The summed E-state index contributed by atoms with van der Waals surface area (Å²) in [5.74, 6) is 6.40. The van der Waals surface area contributed by atoms with Gasteiger partial charge in [-0.05, 0) is 46.7 Å². The van der Waals surface area contributed by atoms with Gasteiger partial charge in [-0.1, -0.05) is 6.07 Å². The van der Waals surface area contributed by atoms with Gasteiger partial charge in [-0.2, -0.15) is 0 Å². The van der Waals surface area contributed by atoms with E-state index in [4.69, 9.17) is 5.84 Å². The number of halogens is 2. The molecule has 0 aliphatic carbocycles. The number of rotatable bonds is 5. The van der Waals surface area contributed by atoms with E-state index in [-0.39, 0.29) is 11.9 Å². The lowest BCUT2D eigenvalue weighted by molar-refractivity contribution is 0.503. The van der Waals surface area contributed by atoms with E-state index in [1.807, 2.05) is 17.8 Å². The summed E-state index contributed by atoms with van der Waals surface area (Å²) >= 11 is 2.13. The van der Waals surface area contributed by atoms with Crippen molar-refractivity contribution in [3.63, 3.8) is 0 Å².